The summed E-state index contributed by atoms with van der Waals surface area (Å²) in [6.45, 7) is 5.84. The summed E-state index contributed by atoms with van der Waals surface area (Å²) in [6, 6.07) is -0.487. The van der Waals surface area contributed by atoms with Crippen LogP contribution in [-0.4, -0.2) is 39.0 Å². The summed E-state index contributed by atoms with van der Waals surface area (Å²) in [4.78, 5) is 33.9. The van der Waals surface area contributed by atoms with E-state index in [0.29, 0.717) is 0 Å². The SMILES string of the molecule is Cc1nc([C@@H](C)N(C)C(=O)NCc2noc(C(N)=O)n2)c(C)s1. The number of carbonyl (C=O) groups is 2. The standard InChI is InChI=1S/C13H18N6O3S/c1-6(10-7(2)23-8(3)16-10)19(4)13(21)15-5-9-17-12(11(14)20)22-18-9/h6H,5H2,1-4H3,(H2,14,20)(H,15,21)/t6-/m1/s1. The largest absolute Gasteiger partial charge is 0.361 e. The van der Waals surface area contributed by atoms with Crippen LogP contribution in [0.1, 0.15) is 45.1 Å². The molecule has 0 spiro atoms. The van der Waals surface area contributed by atoms with Gasteiger partial charge in [-0.05, 0) is 20.8 Å². The van der Waals surface area contributed by atoms with Crippen molar-refractivity contribution in [2.75, 3.05) is 7.05 Å². The number of rotatable bonds is 5. The molecule has 2 heterocycles. The molecule has 2 aromatic rings. The molecule has 10 heteroatoms. The summed E-state index contributed by atoms with van der Waals surface area (Å²) in [5.41, 5.74) is 5.89. The van der Waals surface area contributed by atoms with E-state index >= 15 is 0 Å². The smallest absolute Gasteiger partial charge is 0.318 e. The average molecular weight is 338 g/mol. The maximum Gasteiger partial charge on any atom is 0.318 e. The summed E-state index contributed by atoms with van der Waals surface area (Å²) in [5, 5.41) is 7.17. The van der Waals surface area contributed by atoms with E-state index in [1.54, 1.807) is 18.4 Å². The number of thiazole rings is 1. The lowest BCUT2D eigenvalue weighted by Crippen LogP contribution is -2.38. The Balaban J connectivity index is 1.96. The highest BCUT2D eigenvalue weighted by atomic mass is 32.1. The number of aryl methyl sites for hydroxylation is 2. The van der Waals surface area contributed by atoms with Gasteiger partial charge in [-0.15, -0.1) is 11.3 Å². The molecule has 3 amide bonds. The Labute approximate surface area is 136 Å². The zero-order valence-electron chi connectivity index (χ0n) is 13.3. The third kappa shape index (κ3) is 3.83. The van der Waals surface area contributed by atoms with Crippen molar-refractivity contribution in [3.8, 4) is 0 Å². The van der Waals surface area contributed by atoms with Crippen LogP contribution in [0.3, 0.4) is 0 Å². The minimum Gasteiger partial charge on any atom is -0.361 e. The molecule has 0 saturated heterocycles. The average Bonchev–Trinajstić information content (AvgIpc) is 3.09. The number of aromatic nitrogens is 3. The van der Waals surface area contributed by atoms with Gasteiger partial charge in [0.25, 0.3) is 0 Å². The highest BCUT2D eigenvalue weighted by Gasteiger charge is 2.22. The predicted octanol–water partition coefficient (Wildman–Crippen LogP) is 1.14. The highest BCUT2D eigenvalue weighted by molar-refractivity contribution is 7.11. The van der Waals surface area contributed by atoms with E-state index in [-0.39, 0.29) is 30.3 Å². The van der Waals surface area contributed by atoms with Crippen molar-refractivity contribution < 1.29 is 14.1 Å². The van der Waals surface area contributed by atoms with E-state index in [4.69, 9.17) is 5.73 Å². The fourth-order valence-electron chi connectivity index (χ4n) is 2.00. The van der Waals surface area contributed by atoms with Crippen LogP contribution in [0.15, 0.2) is 4.52 Å². The zero-order valence-corrected chi connectivity index (χ0v) is 14.1. The Morgan fingerprint density at radius 1 is 1.39 bits per heavy atom. The monoisotopic (exact) mass is 338 g/mol. The molecule has 1 atom stereocenters. The molecule has 2 aromatic heterocycles. The van der Waals surface area contributed by atoms with Gasteiger partial charge in [0.1, 0.15) is 0 Å². The van der Waals surface area contributed by atoms with Crippen molar-refractivity contribution in [3.05, 3.63) is 27.3 Å². The summed E-state index contributed by atoms with van der Waals surface area (Å²) in [6.07, 6.45) is 0. The lowest BCUT2D eigenvalue weighted by Gasteiger charge is -2.24. The van der Waals surface area contributed by atoms with Gasteiger partial charge in [-0.25, -0.2) is 9.78 Å². The molecule has 0 aliphatic carbocycles. The van der Waals surface area contributed by atoms with Crippen LogP contribution < -0.4 is 11.1 Å². The predicted molar refractivity (Wildman–Crippen MR) is 82.8 cm³/mol. The topological polar surface area (TPSA) is 127 Å². The lowest BCUT2D eigenvalue weighted by atomic mass is 10.2. The fraction of sp³-hybridized carbons (Fsp3) is 0.462. The van der Waals surface area contributed by atoms with Gasteiger partial charge < -0.3 is 20.5 Å². The van der Waals surface area contributed by atoms with Gasteiger partial charge in [-0.2, -0.15) is 4.98 Å². The summed E-state index contributed by atoms with van der Waals surface area (Å²) in [5.74, 6) is -0.923. The Hall–Kier alpha value is -2.49. The molecule has 0 aliphatic heterocycles. The van der Waals surface area contributed by atoms with Gasteiger partial charge in [0.15, 0.2) is 5.82 Å². The number of carbonyl (C=O) groups excluding carboxylic acids is 2. The lowest BCUT2D eigenvalue weighted by molar-refractivity contribution is 0.0958. The number of nitrogens with one attached hydrogen (secondary N) is 1. The normalized spacial score (nSPS) is 12.0. The first kappa shape index (κ1) is 16.9. The molecule has 0 fully saturated rings. The van der Waals surface area contributed by atoms with E-state index in [1.165, 1.54) is 4.90 Å². The van der Waals surface area contributed by atoms with Crippen molar-refractivity contribution in [2.24, 2.45) is 5.73 Å². The summed E-state index contributed by atoms with van der Waals surface area (Å²) >= 11 is 1.60. The molecule has 124 valence electrons. The van der Waals surface area contributed by atoms with E-state index in [0.717, 1.165) is 15.6 Å². The Bertz CT molecular complexity index is 725. The molecule has 9 nitrogen and oxygen atoms in total. The Morgan fingerprint density at radius 3 is 2.61 bits per heavy atom. The first-order chi connectivity index (χ1) is 10.8. The second-order valence-corrected chi connectivity index (χ2v) is 6.41. The van der Waals surface area contributed by atoms with E-state index in [1.807, 2.05) is 20.8 Å². The van der Waals surface area contributed by atoms with Crippen LogP contribution in [0.2, 0.25) is 0 Å². The molecule has 23 heavy (non-hydrogen) atoms. The van der Waals surface area contributed by atoms with Gasteiger partial charge >= 0.3 is 17.8 Å². The van der Waals surface area contributed by atoms with Crippen molar-refractivity contribution >= 4 is 23.3 Å². The van der Waals surface area contributed by atoms with Crippen LogP contribution in [0.5, 0.6) is 0 Å². The third-order valence-electron chi connectivity index (χ3n) is 3.31. The number of hydrogen-bond acceptors (Lipinski definition) is 7. The first-order valence-electron chi connectivity index (χ1n) is 6.86. The molecular formula is C13H18N6O3S. The molecule has 0 radical (unpaired) electrons. The second kappa shape index (κ2) is 6.73. The van der Waals surface area contributed by atoms with Gasteiger partial charge in [0, 0.05) is 11.9 Å². The molecule has 0 unspecified atom stereocenters. The minimum absolute atomic E-state index is 0.0295. The van der Waals surface area contributed by atoms with Crippen molar-refractivity contribution in [2.45, 2.75) is 33.4 Å². The van der Waals surface area contributed by atoms with E-state index in [9.17, 15) is 9.59 Å². The fourth-order valence-corrected chi connectivity index (χ4v) is 2.91. The number of amides is 3. The molecular weight excluding hydrogens is 320 g/mol. The van der Waals surface area contributed by atoms with Gasteiger partial charge in [-0.3, -0.25) is 4.79 Å². The number of nitrogens with zero attached hydrogens (tertiary/aromatic N) is 4. The molecule has 0 aliphatic rings. The molecule has 0 bridgehead atoms. The maximum absolute atomic E-state index is 12.2. The van der Waals surface area contributed by atoms with Gasteiger partial charge in [0.05, 0.1) is 23.3 Å². The maximum atomic E-state index is 12.2. The molecule has 0 saturated carbocycles. The first-order valence-corrected chi connectivity index (χ1v) is 7.68. The van der Waals surface area contributed by atoms with Gasteiger partial charge in [0.2, 0.25) is 0 Å². The number of urea groups is 1. The van der Waals surface area contributed by atoms with Crippen molar-refractivity contribution in [1.29, 1.82) is 0 Å². The number of primary amides is 1. The molecule has 0 aromatic carbocycles. The van der Waals surface area contributed by atoms with Gasteiger partial charge in [-0.1, -0.05) is 5.16 Å². The minimum atomic E-state index is -0.810. The molecule has 2 rings (SSSR count). The summed E-state index contributed by atoms with van der Waals surface area (Å²) in [7, 11) is 1.68. The van der Waals surface area contributed by atoms with Crippen molar-refractivity contribution in [1.82, 2.24) is 25.3 Å². The summed E-state index contributed by atoms with van der Waals surface area (Å²) < 4.78 is 4.64. The zero-order chi connectivity index (χ0) is 17.1. The van der Waals surface area contributed by atoms with E-state index < -0.39 is 5.91 Å². The molecule has 3 N–H and O–H groups in total. The van der Waals surface area contributed by atoms with E-state index in [2.05, 4.69) is 25.0 Å². The quantitative estimate of drug-likeness (QED) is 0.841. The van der Waals surface area contributed by atoms with Crippen LogP contribution in [0, 0.1) is 13.8 Å². The highest BCUT2D eigenvalue weighted by Crippen LogP contribution is 2.25. The van der Waals surface area contributed by atoms with Crippen LogP contribution >= 0.6 is 11.3 Å². The number of nitrogens with two attached hydrogens (primary N) is 1. The van der Waals surface area contributed by atoms with Crippen LogP contribution in [0.25, 0.3) is 0 Å². The van der Waals surface area contributed by atoms with Crippen molar-refractivity contribution in [3.63, 3.8) is 0 Å². The van der Waals surface area contributed by atoms with Crippen LogP contribution in [-0.2, 0) is 6.54 Å². The second-order valence-electron chi connectivity index (χ2n) is 5.00. The Kier molecular flexibility index (Phi) is 4.94. The Morgan fingerprint density at radius 2 is 2.09 bits per heavy atom. The van der Waals surface area contributed by atoms with Crippen LogP contribution in [0.4, 0.5) is 4.79 Å². The third-order valence-corrected chi connectivity index (χ3v) is 4.22. The number of hydrogen-bond donors (Lipinski definition) is 2.